The molecule has 4 rings (SSSR count). The molecule has 1 atom stereocenters. The maximum absolute atomic E-state index is 11.0. The molecule has 0 aromatic heterocycles. The van der Waals surface area contributed by atoms with Crippen LogP contribution in [0.2, 0.25) is 0 Å². The summed E-state index contributed by atoms with van der Waals surface area (Å²) < 4.78 is 11.1. The van der Waals surface area contributed by atoms with E-state index >= 15 is 0 Å². The third-order valence-electron chi connectivity index (χ3n) is 5.69. The second-order valence-electron chi connectivity index (χ2n) is 7.46. The van der Waals surface area contributed by atoms with Crippen LogP contribution >= 0.6 is 0 Å². The highest BCUT2D eigenvalue weighted by atomic mass is 16.5. The van der Waals surface area contributed by atoms with Crippen molar-refractivity contribution in [3.8, 4) is 11.5 Å². The van der Waals surface area contributed by atoms with E-state index in [1.165, 1.54) is 22.1 Å². The third kappa shape index (κ3) is 3.36. The highest BCUT2D eigenvalue weighted by Gasteiger charge is 2.27. The van der Waals surface area contributed by atoms with E-state index in [4.69, 9.17) is 9.47 Å². The number of hydrogen-bond donors (Lipinski definition) is 0. The molecule has 1 unspecified atom stereocenters. The van der Waals surface area contributed by atoms with Crippen LogP contribution in [0.5, 0.6) is 11.5 Å². The summed E-state index contributed by atoms with van der Waals surface area (Å²) in [5.41, 5.74) is 4.55. The molecule has 0 amide bonds. The molecule has 0 fully saturated rings. The molecule has 0 saturated heterocycles. The lowest BCUT2D eigenvalue weighted by molar-refractivity contribution is 0.112. The third-order valence-corrected chi connectivity index (χ3v) is 5.69. The summed E-state index contributed by atoms with van der Waals surface area (Å²) in [5.74, 6) is 1.66. The van der Waals surface area contributed by atoms with Gasteiger partial charge >= 0.3 is 0 Å². The first-order valence-electron chi connectivity index (χ1n) is 9.57. The maximum atomic E-state index is 11.0. The Morgan fingerprint density at radius 2 is 1.82 bits per heavy atom. The normalized spacial score (nSPS) is 16.6. The summed E-state index contributed by atoms with van der Waals surface area (Å²) in [6.45, 7) is 4.04. The zero-order chi connectivity index (χ0) is 19.7. The van der Waals surface area contributed by atoms with Gasteiger partial charge in [-0.25, -0.2) is 0 Å². The van der Waals surface area contributed by atoms with Crippen molar-refractivity contribution in [1.29, 1.82) is 0 Å². The number of benzene rings is 3. The summed E-state index contributed by atoms with van der Waals surface area (Å²) in [7, 11) is 3.39. The number of ether oxygens (including phenoxy) is 2. The minimum Gasteiger partial charge on any atom is -0.493 e. The van der Waals surface area contributed by atoms with E-state index in [0.29, 0.717) is 11.6 Å². The van der Waals surface area contributed by atoms with Crippen molar-refractivity contribution in [2.45, 2.75) is 32.5 Å². The molecule has 0 N–H and O–H groups in total. The van der Waals surface area contributed by atoms with Gasteiger partial charge < -0.3 is 9.47 Å². The van der Waals surface area contributed by atoms with Gasteiger partial charge in [-0.15, -0.1) is 0 Å². The van der Waals surface area contributed by atoms with Crippen LogP contribution in [-0.2, 0) is 19.5 Å². The second-order valence-corrected chi connectivity index (χ2v) is 7.46. The molecule has 144 valence electrons. The van der Waals surface area contributed by atoms with Gasteiger partial charge in [0.1, 0.15) is 6.29 Å². The zero-order valence-electron chi connectivity index (χ0n) is 16.6. The topological polar surface area (TPSA) is 38.8 Å². The highest BCUT2D eigenvalue weighted by molar-refractivity contribution is 5.89. The van der Waals surface area contributed by atoms with Gasteiger partial charge in [0.2, 0.25) is 0 Å². The van der Waals surface area contributed by atoms with Crippen molar-refractivity contribution < 1.29 is 14.3 Å². The first kappa shape index (κ1) is 18.5. The summed E-state index contributed by atoms with van der Waals surface area (Å²) in [6.07, 6.45) is 1.83. The van der Waals surface area contributed by atoms with E-state index in [1.807, 2.05) is 24.3 Å². The SMILES string of the molecule is COc1ccc2c(c1OC)CC(C)N(Cc1ccc3cc(C=O)ccc3c1)C2. The Kier molecular flexibility index (Phi) is 5.05. The van der Waals surface area contributed by atoms with Crippen molar-refractivity contribution in [1.82, 2.24) is 4.90 Å². The molecule has 0 bridgehead atoms. The molecule has 4 nitrogen and oxygen atoms in total. The molecule has 1 aliphatic rings. The predicted molar refractivity (Wildman–Crippen MR) is 111 cm³/mol. The fourth-order valence-electron chi connectivity index (χ4n) is 4.13. The smallest absolute Gasteiger partial charge is 0.164 e. The van der Waals surface area contributed by atoms with Gasteiger partial charge in [-0.1, -0.05) is 30.3 Å². The second kappa shape index (κ2) is 7.64. The number of carbonyl (C=O) groups is 1. The number of nitrogens with zero attached hydrogens (tertiary/aromatic N) is 1. The van der Waals surface area contributed by atoms with Crippen molar-refractivity contribution in [2.24, 2.45) is 0 Å². The fourth-order valence-corrected chi connectivity index (χ4v) is 4.13. The Bertz CT molecular complexity index is 1030. The van der Waals surface area contributed by atoms with Gasteiger partial charge in [0.15, 0.2) is 11.5 Å². The number of hydrogen-bond acceptors (Lipinski definition) is 4. The van der Waals surface area contributed by atoms with E-state index in [0.717, 1.165) is 42.7 Å². The van der Waals surface area contributed by atoms with Crippen LogP contribution in [0.4, 0.5) is 0 Å². The monoisotopic (exact) mass is 375 g/mol. The average molecular weight is 375 g/mol. The summed E-state index contributed by atoms with van der Waals surface area (Å²) >= 11 is 0. The van der Waals surface area contributed by atoms with Crippen LogP contribution < -0.4 is 9.47 Å². The Labute approximate surface area is 165 Å². The molecule has 1 heterocycles. The molecule has 3 aromatic rings. The number of methoxy groups -OCH3 is 2. The Morgan fingerprint density at radius 1 is 1.04 bits per heavy atom. The lowest BCUT2D eigenvalue weighted by atomic mass is 9.93. The van der Waals surface area contributed by atoms with Crippen LogP contribution in [0, 0.1) is 0 Å². The van der Waals surface area contributed by atoms with Gasteiger partial charge in [-0.05, 0) is 53.4 Å². The molecular formula is C24H25NO3. The lowest BCUT2D eigenvalue weighted by Crippen LogP contribution is -2.38. The zero-order valence-corrected chi connectivity index (χ0v) is 16.6. The van der Waals surface area contributed by atoms with E-state index < -0.39 is 0 Å². The van der Waals surface area contributed by atoms with E-state index in [9.17, 15) is 4.79 Å². The number of carbonyl (C=O) groups excluding carboxylic acids is 1. The number of fused-ring (bicyclic) bond motifs is 2. The van der Waals surface area contributed by atoms with Crippen LogP contribution in [0.25, 0.3) is 10.8 Å². The maximum Gasteiger partial charge on any atom is 0.164 e. The van der Waals surface area contributed by atoms with Crippen molar-refractivity contribution >= 4 is 17.1 Å². The quantitative estimate of drug-likeness (QED) is 0.610. The molecule has 0 saturated carbocycles. The Morgan fingerprint density at radius 3 is 2.57 bits per heavy atom. The molecule has 4 heteroatoms. The Balaban J connectivity index is 1.59. The van der Waals surface area contributed by atoms with Crippen LogP contribution in [0.15, 0.2) is 48.5 Å². The highest BCUT2D eigenvalue weighted by Crippen LogP contribution is 2.38. The molecule has 0 aliphatic carbocycles. The van der Waals surface area contributed by atoms with Gasteiger partial charge in [0, 0.05) is 30.3 Å². The molecule has 0 spiro atoms. The van der Waals surface area contributed by atoms with Gasteiger partial charge in [-0.3, -0.25) is 9.69 Å². The first-order valence-corrected chi connectivity index (χ1v) is 9.57. The summed E-state index contributed by atoms with van der Waals surface area (Å²) in [5, 5.41) is 2.27. The summed E-state index contributed by atoms with van der Waals surface area (Å²) in [4.78, 5) is 13.5. The van der Waals surface area contributed by atoms with Crippen molar-refractivity contribution in [3.05, 3.63) is 70.8 Å². The van der Waals surface area contributed by atoms with Gasteiger partial charge in [0.25, 0.3) is 0 Å². The largest absolute Gasteiger partial charge is 0.493 e. The van der Waals surface area contributed by atoms with E-state index in [1.54, 1.807) is 14.2 Å². The molecule has 3 aromatic carbocycles. The Hall–Kier alpha value is -2.85. The molecule has 1 aliphatic heterocycles. The van der Waals surface area contributed by atoms with Crippen LogP contribution in [-0.4, -0.2) is 31.4 Å². The molecular weight excluding hydrogens is 350 g/mol. The van der Waals surface area contributed by atoms with E-state index in [2.05, 4.69) is 36.1 Å². The fraction of sp³-hybridized carbons (Fsp3) is 0.292. The minimum atomic E-state index is 0.404. The first-order chi connectivity index (χ1) is 13.6. The van der Waals surface area contributed by atoms with Crippen molar-refractivity contribution in [3.63, 3.8) is 0 Å². The van der Waals surface area contributed by atoms with Gasteiger partial charge in [0.05, 0.1) is 14.2 Å². The van der Waals surface area contributed by atoms with Gasteiger partial charge in [-0.2, -0.15) is 0 Å². The van der Waals surface area contributed by atoms with Crippen molar-refractivity contribution in [2.75, 3.05) is 14.2 Å². The van der Waals surface area contributed by atoms with E-state index in [-0.39, 0.29) is 0 Å². The average Bonchev–Trinajstić information content (AvgIpc) is 2.73. The molecule has 0 radical (unpaired) electrons. The van der Waals surface area contributed by atoms with Crippen LogP contribution in [0.1, 0.15) is 34.0 Å². The number of aldehydes is 1. The predicted octanol–water partition coefficient (Wildman–Crippen LogP) is 4.62. The van der Waals surface area contributed by atoms with Crippen LogP contribution in [0.3, 0.4) is 0 Å². The lowest BCUT2D eigenvalue weighted by Gasteiger charge is -2.36. The summed E-state index contributed by atoms with van der Waals surface area (Å²) in [6, 6.07) is 16.9. The standard InChI is InChI=1S/C24H25NO3/c1-16-10-22-21(8-9-23(27-2)24(22)28-3)14-25(16)13-17-4-6-20-12-18(15-26)5-7-19(20)11-17/h4-9,11-12,15-16H,10,13-14H2,1-3H3. The minimum absolute atomic E-state index is 0.404. The molecule has 28 heavy (non-hydrogen) atoms. The number of rotatable bonds is 5.